The second-order valence-corrected chi connectivity index (χ2v) is 8.02. The quantitative estimate of drug-likeness (QED) is 0.680. The molecule has 2 aromatic heterocycles. The minimum atomic E-state index is -4.62. The van der Waals surface area contributed by atoms with Gasteiger partial charge in [0.05, 0.1) is 12.2 Å². The number of piperazine rings is 1. The molecule has 1 saturated carbocycles. The number of nitrogen functional groups attached to an aromatic ring is 1. The summed E-state index contributed by atoms with van der Waals surface area (Å²) in [6.45, 7) is 4.20. The first kappa shape index (κ1) is 21.6. The normalized spacial score (nSPS) is 22.9. The number of aromatic nitrogens is 3. The minimum absolute atomic E-state index is 0.129. The van der Waals surface area contributed by atoms with Gasteiger partial charge in [-0.3, -0.25) is 14.4 Å². The molecule has 0 atom stereocenters. The van der Waals surface area contributed by atoms with Gasteiger partial charge in [-0.05, 0) is 37.8 Å². The van der Waals surface area contributed by atoms with Gasteiger partial charge in [0.1, 0.15) is 17.1 Å². The average Bonchev–Trinajstić information content (AvgIpc) is 3.14. The third-order valence-electron chi connectivity index (χ3n) is 5.99. The number of halogens is 3. The lowest BCUT2D eigenvalue weighted by Gasteiger charge is -2.39. The number of nitrogens with one attached hydrogen (secondary N) is 2. The zero-order valence-electron chi connectivity index (χ0n) is 17.0. The fourth-order valence-corrected chi connectivity index (χ4v) is 4.33. The van der Waals surface area contributed by atoms with Crippen molar-refractivity contribution in [3.8, 4) is 0 Å². The predicted molar refractivity (Wildman–Crippen MR) is 110 cm³/mol. The maximum absolute atomic E-state index is 12.8. The molecular weight excluding hydrogens is 411 g/mol. The SMILES string of the molecule is Nc1nn(C2CCC(N3CCNCC3)CC2)cc1NC(=O)c1cccc(C(F)(F)F)n1. The third kappa shape index (κ3) is 4.99. The van der Waals surface area contributed by atoms with Gasteiger partial charge in [0, 0.05) is 32.2 Å². The molecule has 1 amide bonds. The lowest BCUT2D eigenvalue weighted by Crippen LogP contribution is -2.49. The van der Waals surface area contributed by atoms with Gasteiger partial charge in [-0.2, -0.15) is 18.3 Å². The third-order valence-corrected chi connectivity index (χ3v) is 5.99. The van der Waals surface area contributed by atoms with Crippen molar-refractivity contribution in [2.75, 3.05) is 37.2 Å². The monoisotopic (exact) mass is 437 g/mol. The largest absolute Gasteiger partial charge is 0.433 e. The fraction of sp³-hybridized carbons (Fsp3) is 0.550. The van der Waals surface area contributed by atoms with E-state index >= 15 is 0 Å². The van der Waals surface area contributed by atoms with Crippen molar-refractivity contribution in [3.05, 3.63) is 35.8 Å². The second-order valence-electron chi connectivity index (χ2n) is 8.02. The smallest absolute Gasteiger partial charge is 0.380 e. The second kappa shape index (κ2) is 8.83. The van der Waals surface area contributed by atoms with Crippen LogP contribution in [-0.2, 0) is 6.18 Å². The van der Waals surface area contributed by atoms with E-state index in [9.17, 15) is 18.0 Å². The van der Waals surface area contributed by atoms with Crippen LogP contribution in [0.25, 0.3) is 0 Å². The summed E-state index contributed by atoms with van der Waals surface area (Å²) in [6.07, 6.45) is 1.08. The molecule has 0 aromatic carbocycles. The van der Waals surface area contributed by atoms with E-state index in [4.69, 9.17) is 5.73 Å². The van der Waals surface area contributed by atoms with Gasteiger partial charge in [-0.1, -0.05) is 6.07 Å². The molecule has 1 saturated heterocycles. The van der Waals surface area contributed by atoms with Gasteiger partial charge in [0.15, 0.2) is 5.82 Å². The van der Waals surface area contributed by atoms with Gasteiger partial charge in [0.25, 0.3) is 5.91 Å². The summed E-state index contributed by atoms with van der Waals surface area (Å²) in [5, 5.41) is 10.2. The molecule has 31 heavy (non-hydrogen) atoms. The fourth-order valence-electron chi connectivity index (χ4n) is 4.33. The Morgan fingerprint density at radius 2 is 1.81 bits per heavy atom. The van der Waals surface area contributed by atoms with Crippen molar-refractivity contribution >= 4 is 17.4 Å². The van der Waals surface area contributed by atoms with Gasteiger partial charge < -0.3 is 16.4 Å². The van der Waals surface area contributed by atoms with E-state index < -0.39 is 17.8 Å². The highest BCUT2D eigenvalue weighted by Gasteiger charge is 2.33. The first-order valence-corrected chi connectivity index (χ1v) is 10.5. The number of pyridine rings is 1. The van der Waals surface area contributed by atoms with Crippen molar-refractivity contribution in [1.82, 2.24) is 25.0 Å². The van der Waals surface area contributed by atoms with Gasteiger partial charge in [-0.25, -0.2) is 4.98 Å². The zero-order chi connectivity index (χ0) is 22.0. The van der Waals surface area contributed by atoms with Crippen LogP contribution in [0.3, 0.4) is 0 Å². The summed E-state index contributed by atoms with van der Waals surface area (Å²) in [6, 6.07) is 3.95. The van der Waals surface area contributed by atoms with Crippen LogP contribution < -0.4 is 16.4 Å². The highest BCUT2D eigenvalue weighted by Crippen LogP contribution is 2.33. The number of rotatable bonds is 4. The van der Waals surface area contributed by atoms with Crippen molar-refractivity contribution in [2.24, 2.45) is 0 Å². The Labute approximate surface area is 178 Å². The topological polar surface area (TPSA) is 101 Å². The molecular formula is C20H26F3N7O. The van der Waals surface area contributed by atoms with E-state index in [1.807, 2.05) is 0 Å². The molecule has 2 aliphatic rings. The molecule has 8 nitrogen and oxygen atoms in total. The first-order chi connectivity index (χ1) is 14.8. The Bertz CT molecular complexity index is 916. The summed E-state index contributed by atoms with van der Waals surface area (Å²) < 4.78 is 40.3. The van der Waals surface area contributed by atoms with Gasteiger partial charge in [-0.15, -0.1) is 0 Å². The summed E-state index contributed by atoms with van der Waals surface area (Å²) >= 11 is 0. The lowest BCUT2D eigenvalue weighted by atomic mass is 9.90. The number of carbonyl (C=O) groups is 1. The van der Waals surface area contributed by atoms with Crippen LogP contribution in [0.1, 0.15) is 47.9 Å². The molecule has 4 N–H and O–H groups in total. The maximum Gasteiger partial charge on any atom is 0.433 e. The van der Waals surface area contributed by atoms with Gasteiger partial charge >= 0.3 is 6.18 Å². The summed E-state index contributed by atoms with van der Waals surface area (Å²) in [4.78, 5) is 18.3. The van der Waals surface area contributed by atoms with Crippen molar-refractivity contribution in [3.63, 3.8) is 0 Å². The molecule has 2 fully saturated rings. The lowest BCUT2D eigenvalue weighted by molar-refractivity contribution is -0.141. The Morgan fingerprint density at radius 1 is 1.13 bits per heavy atom. The Hall–Kier alpha value is -2.66. The van der Waals surface area contributed by atoms with E-state index in [1.54, 1.807) is 10.9 Å². The van der Waals surface area contributed by atoms with Crippen LogP contribution in [0.5, 0.6) is 0 Å². The molecule has 0 spiro atoms. The predicted octanol–water partition coefficient (Wildman–Crippen LogP) is 2.52. The van der Waals surface area contributed by atoms with Crippen LogP contribution in [0.4, 0.5) is 24.7 Å². The molecule has 0 radical (unpaired) electrons. The van der Waals surface area contributed by atoms with Gasteiger partial charge in [0.2, 0.25) is 0 Å². The highest BCUT2D eigenvalue weighted by molar-refractivity contribution is 6.04. The van der Waals surface area contributed by atoms with Crippen molar-refractivity contribution in [2.45, 2.75) is 43.9 Å². The maximum atomic E-state index is 12.8. The highest BCUT2D eigenvalue weighted by atomic mass is 19.4. The molecule has 1 aliphatic carbocycles. The number of amides is 1. The Balaban J connectivity index is 1.39. The summed E-state index contributed by atoms with van der Waals surface area (Å²) in [7, 11) is 0. The molecule has 2 aromatic rings. The Morgan fingerprint density at radius 3 is 2.48 bits per heavy atom. The van der Waals surface area contributed by atoms with Crippen molar-refractivity contribution in [1.29, 1.82) is 0 Å². The molecule has 3 heterocycles. The zero-order valence-corrected chi connectivity index (χ0v) is 17.0. The van der Waals surface area contributed by atoms with Crippen LogP contribution in [-0.4, -0.2) is 57.8 Å². The molecule has 168 valence electrons. The Kier molecular flexibility index (Phi) is 6.15. The minimum Gasteiger partial charge on any atom is -0.380 e. The number of anilines is 2. The molecule has 1 aliphatic heterocycles. The molecule has 11 heteroatoms. The van der Waals surface area contributed by atoms with Crippen LogP contribution in [0.15, 0.2) is 24.4 Å². The number of alkyl halides is 3. The van der Waals surface area contributed by atoms with E-state index in [0.717, 1.165) is 64.0 Å². The van der Waals surface area contributed by atoms with Crippen LogP contribution >= 0.6 is 0 Å². The van der Waals surface area contributed by atoms with E-state index in [2.05, 4.69) is 25.6 Å². The molecule has 0 unspecified atom stereocenters. The van der Waals surface area contributed by atoms with E-state index in [1.165, 1.54) is 6.07 Å². The van der Waals surface area contributed by atoms with Crippen molar-refractivity contribution < 1.29 is 18.0 Å². The molecule has 0 bridgehead atoms. The average molecular weight is 437 g/mol. The number of nitrogens with two attached hydrogens (primary N) is 1. The number of hydrogen-bond acceptors (Lipinski definition) is 6. The standard InChI is InChI=1S/C20H26F3N7O/c21-20(22,23)17-3-1-2-15(26-17)19(31)27-16-12-30(28-18(16)24)14-6-4-13(5-7-14)29-10-8-25-9-11-29/h1-3,12-14,25H,4-11H2,(H2,24,28)(H,27,31). The summed E-state index contributed by atoms with van der Waals surface area (Å²) in [5.41, 5.74) is 4.77. The number of carbonyl (C=O) groups excluding carboxylic acids is 1. The first-order valence-electron chi connectivity index (χ1n) is 10.5. The number of nitrogens with zero attached hydrogens (tertiary/aromatic N) is 4. The van der Waals surface area contributed by atoms with Crippen LogP contribution in [0.2, 0.25) is 0 Å². The van der Waals surface area contributed by atoms with E-state index in [0.29, 0.717) is 6.04 Å². The van der Waals surface area contributed by atoms with E-state index in [-0.39, 0.29) is 23.2 Å². The van der Waals surface area contributed by atoms with Crippen LogP contribution in [0, 0.1) is 0 Å². The number of hydrogen-bond donors (Lipinski definition) is 3. The molecule has 4 rings (SSSR count). The summed E-state index contributed by atoms with van der Waals surface area (Å²) in [5.74, 6) is -0.635.